The van der Waals surface area contributed by atoms with Gasteiger partial charge in [0.1, 0.15) is 4.88 Å². The normalized spacial score (nSPS) is 11.3. The smallest absolute Gasteiger partial charge is 0.267 e. The molecule has 1 aromatic heterocycles. The fraction of sp³-hybridized carbons (Fsp3) is 0.200. The molecule has 3 aromatic rings. The number of sulfonamides is 1. The van der Waals surface area contributed by atoms with Crippen molar-refractivity contribution in [3.63, 3.8) is 0 Å². The highest BCUT2D eigenvalue weighted by Crippen LogP contribution is 2.29. The predicted molar refractivity (Wildman–Crippen MR) is 120 cm³/mol. The van der Waals surface area contributed by atoms with Crippen molar-refractivity contribution in [1.82, 2.24) is 4.98 Å². The summed E-state index contributed by atoms with van der Waals surface area (Å²) in [5.41, 5.74) is 2.80. The number of rotatable bonds is 6. The van der Waals surface area contributed by atoms with Crippen molar-refractivity contribution < 1.29 is 13.2 Å². The van der Waals surface area contributed by atoms with E-state index in [1.165, 1.54) is 11.8 Å². The van der Waals surface area contributed by atoms with Gasteiger partial charge in [-0.3, -0.25) is 9.52 Å². The van der Waals surface area contributed by atoms with Crippen molar-refractivity contribution in [2.45, 2.75) is 30.6 Å². The average molecular weight is 448 g/mol. The van der Waals surface area contributed by atoms with Gasteiger partial charge in [-0.2, -0.15) is 0 Å². The van der Waals surface area contributed by atoms with Gasteiger partial charge in [0.15, 0.2) is 5.13 Å². The number of carbonyl (C=O) groups is 1. The Morgan fingerprint density at radius 2 is 1.83 bits per heavy atom. The van der Waals surface area contributed by atoms with Crippen molar-refractivity contribution in [2.24, 2.45) is 0 Å². The molecule has 1 amide bonds. The number of hydrogen-bond acceptors (Lipinski definition) is 6. The molecule has 2 N–H and O–H groups in total. The topological polar surface area (TPSA) is 88.2 Å². The van der Waals surface area contributed by atoms with Crippen LogP contribution < -0.4 is 10.0 Å². The van der Waals surface area contributed by atoms with Gasteiger partial charge in [-0.15, -0.1) is 11.8 Å². The Hall–Kier alpha value is -2.36. The highest BCUT2D eigenvalue weighted by atomic mass is 32.2. The number of benzene rings is 2. The molecule has 0 aliphatic heterocycles. The highest BCUT2D eigenvalue weighted by Gasteiger charge is 2.22. The molecule has 1 heterocycles. The molecule has 0 radical (unpaired) electrons. The van der Waals surface area contributed by atoms with E-state index in [0.717, 1.165) is 21.8 Å². The summed E-state index contributed by atoms with van der Waals surface area (Å²) in [6.07, 6.45) is 1.93. The molecule has 6 nitrogen and oxygen atoms in total. The van der Waals surface area contributed by atoms with Gasteiger partial charge in [0.25, 0.3) is 15.9 Å². The number of thioether (sulfide) groups is 1. The molecule has 0 aliphatic carbocycles. The van der Waals surface area contributed by atoms with E-state index in [2.05, 4.69) is 15.0 Å². The Balaban J connectivity index is 1.83. The Kier molecular flexibility index (Phi) is 6.30. The second-order valence-electron chi connectivity index (χ2n) is 6.46. The Bertz CT molecular complexity index is 1170. The van der Waals surface area contributed by atoms with E-state index in [-0.39, 0.29) is 15.9 Å². The zero-order valence-corrected chi connectivity index (χ0v) is 18.9. The van der Waals surface area contributed by atoms with Gasteiger partial charge in [0.2, 0.25) is 0 Å². The number of nitrogens with one attached hydrogen (secondary N) is 2. The number of carbonyl (C=O) groups excluding carboxylic acids is 1. The maximum atomic E-state index is 12.8. The third-order valence-electron chi connectivity index (χ3n) is 4.20. The number of nitrogens with zero attached hydrogens (tertiary/aromatic N) is 1. The minimum absolute atomic E-state index is 0.158. The van der Waals surface area contributed by atoms with Crippen LogP contribution in [0.5, 0.6) is 0 Å². The standard InChI is InChI=1S/C20H21N3O3S3/c1-12-9-10-17(13(2)11-12)29(25,26)23-20-21-14(3)18(28-20)19(24)22-15-7-5-6-8-16(15)27-4/h5-11H,1-4H3,(H,21,23)(H,22,24). The molecule has 0 saturated heterocycles. The molecular weight excluding hydrogens is 426 g/mol. The van der Waals surface area contributed by atoms with Crippen LogP contribution in [-0.4, -0.2) is 25.6 Å². The van der Waals surface area contributed by atoms with Crippen LogP contribution in [0, 0.1) is 20.8 Å². The van der Waals surface area contributed by atoms with Crippen LogP contribution in [0.25, 0.3) is 0 Å². The van der Waals surface area contributed by atoms with Crippen molar-refractivity contribution in [3.05, 3.63) is 64.2 Å². The minimum atomic E-state index is -3.80. The quantitative estimate of drug-likeness (QED) is 0.528. The molecule has 0 atom stereocenters. The summed E-state index contributed by atoms with van der Waals surface area (Å²) < 4.78 is 28.0. The summed E-state index contributed by atoms with van der Waals surface area (Å²) in [5, 5.41) is 3.03. The van der Waals surface area contributed by atoms with Gasteiger partial charge in [-0.05, 0) is 50.8 Å². The lowest BCUT2D eigenvalue weighted by Crippen LogP contribution is -2.14. The zero-order valence-electron chi connectivity index (χ0n) is 16.4. The second kappa shape index (κ2) is 8.56. The fourth-order valence-corrected chi connectivity index (χ4v) is 5.73. The van der Waals surface area contributed by atoms with Gasteiger partial charge in [-0.25, -0.2) is 13.4 Å². The van der Waals surface area contributed by atoms with Gasteiger partial charge >= 0.3 is 0 Å². The molecule has 0 fully saturated rings. The molecule has 2 aromatic carbocycles. The van der Waals surface area contributed by atoms with Gasteiger partial charge in [0.05, 0.1) is 16.3 Å². The SMILES string of the molecule is CSc1ccccc1NC(=O)c1sc(NS(=O)(=O)c2ccc(C)cc2C)nc1C. The summed E-state index contributed by atoms with van der Waals surface area (Å²) >= 11 is 2.54. The maximum absolute atomic E-state index is 12.8. The lowest BCUT2D eigenvalue weighted by molar-refractivity contribution is 0.102. The van der Waals surface area contributed by atoms with E-state index in [0.29, 0.717) is 21.8 Å². The van der Waals surface area contributed by atoms with Crippen LogP contribution >= 0.6 is 23.1 Å². The van der Waals surface area contributed by atoms with Crippen LogP contribution in [-0.2, 0) is 10.0 Å². The minimum Gasteiger partial charge on any atom is -0.320 e. The molecule has 29 heavy (non-hydrogen) atoms. The van der Waals surface area contributed by atoms with Gasteiger partial charge in [-0.1, -0.05) is 41.2 Å². The molecule has 3 rings (SSSR count). The molecule has 0 bridgehead atoms. The summed E-state index contributed by atoms with van der Waals surface area (Å²) in [7, 11) is -3.80. The van der Waals surface area contributed by atoms with Crippen LogP contribution in [0.2, 0.25) is 0 Å². The third-order valence-corrected chi connectivity index (χ3v) is 7.70. The number of hydrogen-bond donors (Lipinski definition) is 2. The van der Waals surface area contributed by atoms with Crippen molar-refractivity contribution in [2.75, 3.05) is 16.3 Å². The van der Waals surface area contributed by atoms with Crippen molar-refractivity contribution >= 4 is 49.8 Å². The summed E-state index contributed by atoms with van der Waals surface area (Å²) in [6.45, 7) is 5.33. The van der Waals surface area contributed by atoms with Gasteiger partial charge in [0, 0.05) is 4.90 Å². The van der Waals surface area contributed by atoms with E-state index in [1.807, 2.05) is 43.5 Å². The first kappa shape index (κ1) is 21.4. The molecule has 152 valence electrons. The fourth-order valence-electron chi connectivity index (χ4n) is 2.85. The Labute approximate surface area is 178 Å². The number of anilines is 2. The molecular formula is C20H21N3O3S3. The van der Waals surface area contributed by atoms with Crippen molar-refractivity contribution in [3.8, 4) is 0 Å². The Morgan fingerprint density at radius 1 is 1.10 bits per heavy atom. The third kappa shape index (κ3) is 4.80. The number of thiazole rings is 1. The average Bonchev–Trinajstić information content (AvgIpc) is 3.01. The Morgan fingerprint density at radius 3 is 2.52 bits per heavy atom. The van der Waals surface area contributed by atoms with Crippen LogP contribution in [0.3, 0.4) is 0 Å². The number of aromatic nitrogens is 1. The van der Waals surface area contributed by atoms with Gasteiger partial charge < -0.3 is 5.32 Å². The number of aryl methyl sites for hydroxylation is 3. The summed E-state index contributed by atoms with van der Waals surface area (Å²) in [6, 6.07) is 12.6. The van der Waals surface area contributed by atoms with Crippen molar-refractivity contribution in [1.29, 1.82) is 0 Å². The molecule has 0 aliphatic rings. The first-order valence-corrected chi connectivity index (χ1v) is 12.3. The molecule has 0 spiro atoms. The van der Waals surface area contributed by atoms with E-state index in [4.69, 9.17) is 0 Å². The zero-order chi connectivity index (χ0) is 21.2. The highest BCUT2D eigenvalue weighted by molar-refractivity contribution is 7.98. The second-order valence-corrected chi connectivity index (χ2v) is 9.96. The first-order chi connectivity index (χ1) is 13.7. The van der Waals surface area contributed by atoms with Crippen LogP contribution in [0.4, 0.5) is 10.8 Å². The predicted octanol–water partition coefficient (Wildman–Crippen LogP) is 4.84. The van der Waals surface area contributed by atoms with Crippen LogP contribution in [0.15, 0.2) is 52.3 Å². The largest absolute Gasteiger partial charge is 0.320 e. The van der Waals surface area contributed by atoms with E-state index in [1.54, 1.807) is 26.0 Å². The van der Waals surface area contributed by atoms with E-state index in [9.17, 15) is 13.2 Å². The maximum Gasteiger partial charge on any atom is 0.267 e. The molecule has 0 unspecified atom stereocenters. The lowest BCUT2D eigenvalue weighted by Gasteiger charge is -2.09. The first-order valence-electron chi connectivity index (χ1n) is 8.73. The monoisotopic (exact) mass is 447 g/mol. The van der Waals surface area contributed by atoms with E-state index >= 15 is 0 Å². The van der Waals surface area contributed by atoms with Crippen LogP contribution in [0.1, 0.15) is 26.5 Å². The summed E-state index contributed by atoms with van der Waals surface area (Å²) in [5.74, 6) is -0.321. The summed E-state index contributed by atoms with van der Waals surface area (Å²) in [4.78, 5) is 18.4. The molecule has 9 heteroatoms. The number of amides is 1. The van der Waals surface area contributed by atoms with E-state index < -0.39 is 10.0 Å². The lowest BCUT2D eigenvalue weighted by atomic mass is 10.2. The molecule has 0 saturated carbocycles. The number of para-hydroxylation sites is 1.